The molecular weight excluding hydrogens is 232 g/mol. The lowest BCUT2D eigenvalue weighted by molar-refractivity contribution is -0.132. The van der Waals surface area contributed by atoms with Crippen molar-refractivity contribution in [2.75, 3.05) is 6.54 Å². The van der Waals surface area contributed by atoms with Gasteiger partial charge in [0.1, 0.15) is 0 Å². The summed E-state index contributed by atoms with van der Waals surface area (Å²) in [7, 11) is 0. The average Bonchev–Trinajstić information content (AvgIpc) is 2.59. The van der Waals surface area contributed by atoms with Crippen molar-refractivity contribution in [2.45, 2.75) is 26.4 Å². The number of hydrogen-bond acceptors (Lipinski definition) is 3. The quantitative estimate of drug-likeness (QED) is 0.885. The fourth-order valence-electron chi connectivity index (χ4n) is 1.26. The number of amides is 1. The molecule has 0 saturated carbocycles. The van der Waals surface area contributed by atoms with Crippen molar-refractivity contribution in [3.8, 4) is 0 Å². The fraction of sp³-hybridized carbons (Fsp3) is 0.500. The Morgan fingerprint density at radius 2 is 2.33 bits per heavy atom. The number of carbonyl (C=O) groups is 1. The van der Waals surface area contributed by atoms with E-state index in [1.54, 1.807) is 11.8 Å². The molecule has 0 aromatic carbocycles. The molecule has 1 aromatic heterocycles. The zero-order valence-electron chi connectivity index (χ0n) is 8.87. The highest BCUT2D eigenvalue weighted by molar-refractivity contribution is 7.16. The lowest BCUT2D eigenvalue weighted by Crippen LogP contribution is -2.41. The van der Waals surface area contributed by atoms with Crippen molar-refractivity contribution < 1.29 is 4.79 Å². The van der Waals surface area contributed by atoms with E-state index < -0.39 is 6.04 Å². The zero-order valence-corrected chi connectivity index (χ0v) is 10.4. The molecule has 0 aliphatic carbocycles. The summed E-state index contributed by atoms with van der Waals surface area (Å²) in [5.41, 5.74) is 5.56. The van der Waals surface area contributed by atoms with Gasteiger partial charge in [-0.1, -0.05) is 11.6 Å². The maximum atomic E-state index is 11.7. The molecule has 1 atom stereocenters. The lowest BCUT2D eigenvalue weighted by Gasteiger charge is -2.21. The van der Waals surface area contributed by atoms with E-state index in [1.165, 1.54) is 11.3 Å². The molecule has 1 aromatic rings. The van der Waals surface area contributed by atoms with Crippen LogP contribution in [0.25, 0.3) is 0 Å². The molecule has 15 heavy (non-hydrogen) atoms. The Labute approximate surface area is 98.8 Å². The number of hydrogen-bond donors (Lipinski definition) is 1. The molecule has 0 radical (unpaired) electrons. The summed E-state index contributed by atoms with van der Waals surface area (Å²) in [5, 5.41) is 0. The van der Waals surface area contributed by atoms with Crippen molar-refractivity contribution in [1.29, 1.82) is 0 Å². The number of rotatable bonds is 4. The van der Waals surface area contributed by atoms with E-state index in [0.29, 0.717) is 13.1 Å². The van der Waals surface area contributed by atoms with Gasteiger partial charge in [-0.15, -0.1) is 11.3 Å². The Kier molecular flexibility index (Phi) is 4.57. The van der Waals surface area contributed by atoms with Crippen LogP contribution in [-0.4, -0.2) is 23.4 Å². The molecule has 3 nitrogen and oxygen atoms in total. The van der Waals surface area contributed by atoms with Crippen LogP contribution in [0.5, 0.6) is 0 Å². The number of likely N-dealkylation sites (N-methyl/N-ethyl adjacent to an activating group) is 1. The number of halogens is 1. The number of nitrogens with zero attached hydrogens (tertiary/aromatic N) is 1. The van der Waals surface area contributed by atoms with Crippen molar-refractivity contribution in [3.05, 3.63) is 21.3 Å². The third-order valence-corrected chi connectivity index (χ3v) is 3.27. The van der Waals surface area contributed by atoms with Gasteiger partial charge >= 0.3 is 0 Å². The first kappa shape index (κ1) is 12.5. The minimum atomic E-state index is -0.444. The van der Waals surface area contributed by atoms with Gasteiger partial charge in [0.05, 0.1) is 16.9 Å². The van der Waals surface area contributed by atoms with Crippen LogP contribution < -0.4 is 5.73 Å². The second kappa shape index (κ2) is 5.49. The Morgan fingerprint density at radius 3 is 2.73 bits per heavy atom. The first-order chi connectivity index (χ1) is 7.04. The maximum Gasteiger partial charge on any atom is 0.239 e. The van der Waals surface area contributed by atoms with Crippen molar-refractivity contribution in [3.63, 3.8) is 0 Å². The summed E-state index contributed by atoms with van der Waals surface area (Å²) in [6, 6.07) is 3.33. The molecular formula is C10H15ClN2OS. The molecule has 1 heterocycles. The summed E-state index contributed by atoms with van der Waals surface area (Å²) < 4.78 is 0.745. The first-order valence-electron chi connectivity index (χ1n) is 4.83. The van der Waals surface area contributed by atoms with Crippen LogP contribution in [0.1, 0.15) is 18.7 Å². The molecule has 0 fully saturated rings. The SMILES string of the molecule is CCN(Cc1ccc(Cl)s1)C(=O)[C@@H](C)N. The molecule has 2 N–H and O–H groups in total. The fourth-order valence-corrected chi connectivity index (χ4v) is 2.36. The van der Waals surface area contributed by atoms with E-state index >= 15 is 0 Å². The first-order valence-corrected chi connectivity index (χ1v) is 6.02. The summed E-state index contributed by atoms with van der Waals surface area (Å²) in [6.45, 7) is 4.89. The standard InChI is InChI=1S/C10H15ClN2OS/c1-3-13(10(14)7(2)12)6-8-4-5-9(11)15-8/h4-5,7H,3,6,12H2,1-2H3/t7-/m1/s1. The molecule has 0 bridgehead atoms. The predicted molar refractivity (Wildman–Crippen MR) is 64.1 cm³/mol. The summed E-state index contributed by atoms with van der Waals surface area (Å²) in [5.74, 6) is -0.0259. The molecule has 1 rings (SSSR count). The number of thiophene rings is 1. The molecule has 0 unspecified atom stereocenters. The number of nitrogens with two attached hydrogens (primary N) is 1. The summed E-state index contributed by atoms with van der Waals surface area (Å²) in [6.07, 6.45) is 0. The van der Waals surface area contributed by atoms with Crippen LogP contribution in [0.2, 0.25) is 4.34 Å². The van der Waals surface area contributed by atoms with Gasteiger partial charge in [-0.05, 0) is 26.0 Å². The highest BCUT2D eigenvalue weighted by Crippen LogP contribution is 2.22. The van der Waals surface area contributed by atoms with E-state index in [0.717, 1.165) is 9.21 Å². The normalized spacial score (nSPS) is 12.5. The van der Waals surface area contributed by atoms with Gasteiger partial charge in [-0.25, -0.2) is 0 Å². The van der Waals surface area contributed by atoms with E-state index in [1.807, 2.05) is 19.1 Å². The van der Waals surface area contributed by atoms with E-state index in [9.17, 15) is 4.79 Å². The van der Waals surface area contributed by atoms with Gasteiger partial charge in [0.25, 0.3) is 0 Å². The molecule has 5 heteroatoms. The van der Waals surface area contributed by atoms with Gasteiger partial charge in [-0.2, -0.15) is 0 Å². The zero-order chi connectivity index (χ0) is 11.4. The molecule has 0 spiro atoms. The minimum absolute atomic E-state index is 0.0259. The van der Waals surface area contributed by atoms with Gasteiger partial charge in [0.2, 0.25) is 5.91 Å². The van der Waals surface area contributed by atoms with Crippen LogP contribution in [0.15, 0.2) is 12.1 Å². The van der Waals surface area contributed by atoms with Crippen LogP contribution in [0.4, 0.5) is 0 Å². The summed E-state index contributed by atoms with van der Waals surface area (Å²) >= 11 is 7.31. The van der Waals surface area contributed by atoms with Crippen LogP contribution >= 0.6 is 22.9 Å². The third-order valence-electron chi connectivity index (χ3n) is 2.06. The minimum Gasteiger partial charge on any atom is -0.336 e. The Hall–Kier alpha value is -0.580. The topological polar surface area (TPSA) is 46.3 Å². The average molecular weight is 247 g/mol. The predicted octanol–water partition coefficient (Wildman–Crippen LogP) is 2.10. The Bertz CT molecular complexity index is 338. The summed E-state index contributed by atoms with van der Waals surface area (Å²) in [4.78, 5) is 14.5. The smallest absolute Gasteiger partial charge is 0.239 e. The molecule has 1 amide bonds. The highest BCUT2D eigenvalue weighted by Gasteiger charge is 2.16. The van der Waals surface area contributed by atoms with Gasteiger partial charge in [-0.3, -0.25) is 4.79 Å². The monoisotopic (exact) mass is 246 g/mol. The molecule has 0 saturated heterocycles. The maximum absolute atomic E-state index is 11.7. The van der Waals surface area contributed by atoms with Crippen molar-refractivity contribution >= 4 is 28.8 Å². The van der Waals surface area contributed by atoms with E-state index in [2.05, 4.69) is 0 Å². The van der Waals surface area contributed by atoms with Crippen molar-refractivity contribution in [2.24, 2.45) is 5.73 Å². The molecule has 0 aliphatic rings. The molecule has 84 valence electrons. The van der Waals surface area contributed by atoms with Crippen molar-refractivity contribution in [1.82, 2.24) is 4.90 Å². The van der Waals surface area contributed by atoms with Gasteiger partial charge < -0.3 is 10.6 Å². The van der Waals surface area contributed by atoms with E-state index in [-0.39, 0.29) is 5.91 Å². The Morgan fingerprint density at radius 1 is 1.67 bits per heavy atom. The van der Waals surface area contributed by atoms with Crippen LogP contribution in [-0.2, 0) is 11.3 Å². The molecule has 0 aliphatic heterocycles. The largest absolute Gasteiger partial charge is 0.336 e. The van der Waals surface area contributed by atoms with Crippen LogP contribution in [0, 0.1) is 0 Å². The van der Waals surface area contributed by atoms with Crippen LogP contribution in [0.3, 0.4) is 0 Å². The van der Waals surface area contributed by atoms with Gasteiger partial charge in [0.15, 0.2) is 0 Å². The highest BCUT2D eigenvalue weighted by atomic mass is 35.5. The second-order valence-electron chi connectivity index (χ2n) is 3.35. The van der Waals surface area contributed by atoms with E-state index in [4.69, 9.17) is 17.3 Å². The third kappa shape index (κ3) is 3.48. The van der Waals surface area contributed by atoms with Gasteiger partial charge in [0, 0.05) is 11.4 Å². The second-order valence-corrected chi connectivity index (χ2v) is 5.15. The number of carbonyl (C=O) groups excluding carboxylic acids is 1. The Balaban J connectivity index is 2.65. The lowest BCUT2D eigenvalue weighted by atomic mass is 10.3.